The van der Waals surface area contributed by atoms with Gasteiger partial charge in [-0.15, -0.1) is 6.42 Å². The first-order valence-electron chi connectivity index (χ1n) is 3.68. The van der Waals surface area contributed by atoms with Gasteiger partial charge < -0.3 is 9.47 Å². The zero-order valence-electron chi connectivity index (χ0n) is 7.21. The molecule has 0 fully saturated rings. The average Bonchev–Trinajstić information content (AvgIpc) is 2.15. The van der Waals surface area contributed by atoms with Crippen molar-refractivity contribution in [1.29, 1.82) is 0 Å². The monoisotopic (exact) mass is 240 g/mol. The molecule has 2 nitrogen and oxygen atoms in total. The third-order valence-electron chi connectivity index (χ3n) is 1.45. The Morgan fingerprint density at radius 3 is 2.92 bits per heavy atom. The molecule has 0 unspecified atom stereocenters. The normalized spacial score (nSPS) is 9.00. The van der Waals surface area contributed by atoms with Crippen LogP contribution in [0, 0.1) is 12.3 Å². The summed E-state index contributed by atoms with van der Waals surface area (Å²) in [5, 5.41) is 0. The number of methoxy groups -OCH3 is 1. The number of para-hydroxylation sites is 1. The fourth-order valence-electron chi connectivity index (χ4n) is 0.904. The van der Waals surface area contributed by atoms with Crippen molar-refractivity contribution in [2.24, 2.45) is 0 Å². The van der Waals surface area contributed by atoms with E-state index in [1.807, 2.05) is 18.2 Å². The molecule has 0 aliphatic heterocycles. The van der Waals surface area contributed by atoms with Crippen LogP contribution in [0.25, 0.3) is 0 Å². The van der Waals surface area contributed by atoms with Gasteiger partial charge in [0.25, 0.3) is 0 Å². The number of terminal acetylenes is 1. The zero-order chi connectivity index (χ0) is 9.68. The highest BCUT2D eigenvalue weighted by molar-refractivity contribution is 9.10. The Bertz CT molecular complexity index is 328. The van der Waals surface area contributed by atoms with Crippen molar-refractivity contribution in [3.63, 3.8) is 0 Å². The highest BCUT2D eigenvalue weighted by atomic mass is 79.9. The first-order chi connectivity index (χ1) is 6.29. The highest BCUT2D eigenvalue weighted by Gasteiger charge is 2.06. The molecule has 0 atom stereocenters. The van der Waals surface area contributed by atoms with Crippen molar-refractivity contribution in [3.8, 4) is 23.8 Å². The van der Waals surface area contributed by atoms with E-state index < -0.39 is 0 Å². The molecule has 0 aromatic heterocycles. The minimum atomic E-state index is 0.235. The molecule has 1 aromatic rings. The Labute approximate surface area is 86.0 Å². The molecule has 13 heavy (non-hydrogen) atoms. The van der Waals surface area contributed by atoms with Crippen LogP contribution < -0.4 is 9.47 Å². The maximum Gasteiger partial charge on any atom is 0.176 e. The van der Waals surface area contributed by atoms with E-state index in [0.717, 1.165) is 4.47 Å². The van der Waals surface area contributed by atoms with E-state index in [0.29, 0.717) is 11.5 Å². The summed E-state index contributed by atoms with van der Waals surface area (Å²) in [6, 6.07) is 5.55. The van der Waals surface area contributed by atoms with Crippen LogP contribution in [0.1, 0.15) is 0 Å². The Morgan fingerprint density at radius 1 is 1.54 bits per heavy atom. The van der Waals surface area contributed by atoms with Crippen molar-refractivity contribution in [2.45, 2.75) is 0 Å². The first kappa shape index (κ1) is 9.94. The van der Waals surface area contributed by atoms with Crippen LogP contribution in [0.5, 0.6) is 11.5 Å². The number of hydrogen-bond acceptors (Lipinski definition) is 2. The topological polar surface area (TPSA) is 18.5 Å². The third kappa shape index (κ3) is 2.40. The smallest absolute Gasteiger partial charge is 0.176 e. The standard InChI is InChI=1S/C10H9BrO2/c1-3-7-13-10-8(11)5-4-6-9(10)12-2/h1,4-6H,7H2,2H3. The van der Waals surface area contributed by atoms with Gasteiger partial charge in [0.2, 0.25) is 0 Å². The molecule has 1 rings (SSSR count). The van der Waals surface area contributed by atoms with Crippen molar-refractivity contribution < 1.29 is 9.47 Å². The largest absolute Gasteiger partial charge is 0.493 e. The van der Waals surface area contributed by atoms with Crippen LogP contribution in [0.15, 0.2) is 22.7 Å². The molecule has 0 saturated heterocycles. The van der Waals surface area contributed by atoms with E-state index in [1.54, 1.807) is 7.11 Å². The zero-order valence-corrected chi connectivity index (χ0v) is 8.80. The molecule has 0 amide bonds. The van der Waals surface area contributed by atoms with E-state index in [9.17, 15) is 0 Å². The molecule has 0 radical (unpaired) electrons. The van der Waals surface area contributed by atoms with Crippen LogP contribution in [0.4, 0.5) is 0 Å². The Morgan fingerprint density at radius 2 is 2.31 bits per heavy atom. The maximum absolute atomic E-state index is 5.30. The van der Waals surface area contributed by atoms with E-state index in [2.05, 4.69) is 21.9 Å². The second kappa shape index (κ2) is 4.78. The molecule has 0 aliphatic rings. The predicted octanol–water partition coefficient (Wildman–Crippen LogP) is 2.47. The van der Waals surface area contributed by atoms with Crippen molar-refractivity contribution in [1.82, 2.24) is 0 Å². The second-order valence-electron chi connectivity index (χ2n) is 2.26. The molecule has 0 N–H and O–H groups in total. The van der Waals surface area contributed by atoms with Crippen LogP contribution in [-0.4, -0.2) is 13.7 Å². The minimum Gasteiger partial charge on any atom is -0.493 e. The minimum absolute atomic E-state index is 0.235. The quantitative estimate of drug-likeness (QED) is 0.757. The van der Waals surface area contributed by atoms with E-state index in [1.165, 1.54) is 0 Å². The van der Waals surface area contributed by atoms with Crippen molar-refractivity contribution in [3.05, 3.63) is 22.7 Å². The highest BCUT2D eigenvalue weighted by Crippen LogP contribution is 2.34. The van der Waals surface area contributed by atoms with Gasteiger partial charge in [-0.1, -0.05) is 12.0 Å². The summed E-state index contributed by atoms with van der Waals surface area (Å²) < 4.78 is 11.2. The molecular formula is C10H9BrO2. The second-order valence-corrected chi connectivity index (χ2v) is 3.12. The molecule has 0 saturated carbocycles. The van der Waals surface area contributed by atoms with Crippen molar-refractivity contribution >= 4 is 15.9 Å². The summed E-state index contributed by atoms with van der Waals surface area (Å²) in [5.74, 6) is 3.71. The van der Waals surface area contributed by atoms with Gasteiger partial charge in [0.15, 0.2) is 11.5 Å². The summed E-state index contributed by atoms with van der Waals surface area (Å²) in [6.07, 6.45) is 5.09. The van der Waals surface area contributed by atoms with Crippen LogP contribution in [-0.2, 0) is 0 Å². The maximum atomic E-state index is 5.30. The fourth-order valence-corrected chi connectivity index (χ4v) is 1.37. The Balaban J connectivity index is 2.95. The van der Waals surface area contributed by atoms with Crippen LogP contribution in [0.3, 0.4) is 0 Å². The van der Waals surface area contributed by atoms with Gasteiger partial charge >= 0.3 is 0 Å². The lowest BCUT2D eigenvalue weighted by atomic mass is 10.3. The molecule has 0 heterocycles. The van der Waals surface area contributed by atoms with Crippen molar-refractivity contribution in [2.75, 3.05) is 13.7 Å². The van der Waals surface area contributed by atoms with E-state index in [4.69, 9.17) is 15.9 Å². The number of halogens is 1. The summed E-state index contributed by atoms with van der Waals surface area (Å²) in [5.41, 5.74) is 0. The van der Waals surface area contributed by atoms with E-state index in [-0.39, 0.29) is 6.61 Å². The lowest BCUT2D eigenvalue weighted by Gasteiger charge is -2.09. The molecule has 68 valence electrons. The van der Waals surface area contributed by atoms with Gasteiger partial charge in [0, 0.05) is 0 Å². The number of ether oxygens (including phenoxy) is 2. The molecular weight excluding hydrogens is 232 g/mol. The number of rotatable bonds is 3. The third-order valence-corrected chi connectivity index (χ3v) is 2.08. The Kier molecular flexibility index (Phi) is 3.66. The fraction of sp³-hybridized carbons (Fsp3) is 0.200. The summed E-state index contributed by atoms with van der Waals surface area (Å²) in [7, 11) is 1.59. The van der Waals surface area contributed by atoms with Gasteiger partial charge in [0.1, 0.15) is 6.61 Å². The molecule has 1 aromatic carbocycles. The average molecular weight is 241 g/mol. The van der Waals surface area contributed by atoms with Gasteiger partial charge in [-0.2, -0.15) is 0 Å². The first-order valence-corrected chi connectivity index (χ1v) is 4.47. The number of benzene rings is 1. The van der Waals surface area contributed by atoms with Gasteiger partial charge in [-0.3, -0.25) is 0 Å². The summed E-state index contributed by atoms with van der Waals surface area (Å²) >= 11 is 3.34. The predicted molar refractivity (Wildman–Crippen MR) is 55.0 cm³/mol. The van der Waals surface area contributed by atoms with Crippen LogP contribution >= 0.6 is 15.9 Å². The van der Waals surface area contributed by atoms with Gasteiger partial charge in [0.05, 0.1) is 11.6 Å². The molecule has 0 spiro atoms. The van der Waals surface area contributed by atoms with Gasteiger partial charge in [-0.25, -0.2) is 0 Å². The Hall–Kier alpha value is -1.14. The summed E-state index contributed by atoms with van der Waals surface area (Å²) in [4.78, 5) is 0. The number of hydrogen-bond donors (Lipinski definition) is 0. The molecule has 0 bridgehead atoms. The lowest BCUT2D eigenvalue weighted by molar-refractivity contribution is 0.329. The SMILES string of the molecule is C#CCOc1c(Br)cccc1OC. The summed E-state index contributed by atoms with van der Waals surface area (Å²) in [6.45, 7) is 0.235. The van der Waals surface area contributed by atoms with Gasteiger partial charge in [-0.05, 0) is 28.1 Å². The van der Waals surface area contributed by atoms with E-state index >= 15 is 0 Å². The molecule has 0 aliphatic carbocycles. The molecule has 3 heteroatoms. The lowest BCUT2D eigenvalue weighted by Crippen LogP contribution is -1.97. The van der Waals surface area contributed by atoms with Crippen LogP contribution in [0.2, 0.25) is 0 Å².